The Labute approximate surface area is 215 Å². The molecule has 2 N–H and O–H groups in total. The number of nitro groups is 1. The van der Waals surface area contributed by atoms with Crippen LogP contribution in [0.3, 0.4) is 0 Å². The molecule has 37 heavy (non-hydrogen) atoms. The van der Waals surface area contributed by atoms with Gasteiger partial charge in [0, 0.05) is 41.2 Å². The number of carbonyl (C=O) groups excluding carboxylic acids is 1. The van der Waals surface area contributed by atoms with E-state index in [4.69, 9.17) is 9.72 Å². The minimum absolute atomic E-state index is 0. The Bertz CT molecular complexity index is 1490. The monoisotopic (exact) mass is 504 g/mol. The Morgan fingerprint density at radius 1 is 1.16 bits per heavy atom. The molecule has 0 aliphatic carbocycles. The molecular weight excluding hydrogens is 472 g/mol. The summed E-state index contributed by atoms with van der Waals surface area (Å²) in [5.41, 5.74) is 3.23. The number of nitro benzene ring substituents is 1. The fourth-order valence-corrected chi connectivity index (χ4v) is 3.81. The van der Waals surface area contributed by atoms with E-state index in [1.54, 1.807) is 19.2 Å². The molecule has 4 rings (SSSR count). The lowest BCUT2D eigenvalue weighted by atomic mass is 9.95. The van der Waals surface area contributed by atoms with Crippen molar-refractivity contribution in [3.63, 3.8) is 0 Å². The fourth-order valence-electron chi connectivity index (χ4n) is 3.81. The van der Waals surface area contributed by atoms with Gasteiger partial charge in [-0.1, -0.05) is 46.4 Å². The number of nitrogens with zero attached hydrogens (tertiary/aromatic N) is 4. The van der Waals surface area contributed by atoms with Gasteiger partial charge in [0.25, 0.3) is 0 Å². The first-order valence-corrected chi connectivity index (χ1v) is 11.3. The van der Waals surface area contributed by atoms with E-state index in [0.29, 0.717) is 17.1 Å². The van der Waals surface area contributed by atoms with Gasteiger partial charge in [-0.15, -0.1) is 0 Å². The van der Waals surface area contributed by atoms with Crippen LogP contribution >= 0.6 is 0 Å². The average Bonchev–Trinajstić information content (AvgIpc) is 3.16. The quantitative estimate of drug-likeness (QED) is 0.236. The van der Waals surface area contributed by atoms with Gasteiger partial charge >= 0.3 is 5.69 Å². The van der Waals surface area contributed by atoms with E-state index >= 15 is 0 Å². The van der Waals surface area contributed by atoms with Crippen LogP contribution in [0.2, 0.25) is 0 Å². The van der Waals surface area contributed by atoms with Crippen LogP contribution in [0.1, 0.15) is 33.8 Å². The van der Waals surface area contributed by atoms with Gasteiger partial charge in [0.2, 0.25) is 11.9 Å². The predicted molar refractivity (Wildman–Crippen MR) is 146 cm³/mol. The Kier molecular flexibility index (Phi) is 7.52. The number of hydrogen-bond donors (Lipinski definition) is 2. The highest BCUT2D eigenvalue weighted by Gasteiger charge is 2.24. The van der Waals surface area contributed by atoms with E-state index in [1.165, 1.54) is 13.2 Å². The lowest BCUT2D eigenvalue weighted by Gasteiger charge is -2.19. The van der Waals surface area contributed by atoms with Crippen molar-refractivity contribution in [2.24, 2.45) is 12.5 Å². The van der Waals surface area contributed by atoms with E-state index in [-0.39, 0.29) is 30.7 Å². The summed E-state index contributed by atoms with van der Waals surface area (Å²) in [6.07, 6.45) is 3.50. The lowest BCUT2D eigenvalue weighted by Crippen LogP contribution is -2.28. The van der Waals surface area contributed by atoms with Gasteiger partial charge in [-0.25, -0.2) is 9.97 Å². The number of aryl methyl sites for hydroxylation is 2. The maximum absolute atomic E-state index is 12.8. The van der Waals surface area contributed by atoms with Crippen molar-refractivity contribution in [3.8, 4) is 17.0 Å². The molecule has 0 radical (unpaired) electrons. The molecule has 4 aromatic rings. The minimum atomic E-state index is -0.619. The molecule has 0 saturated carbocycles. The van der Waals surface area contributed by atoms with Crippen molar-refractivity contribution >= 4 is 39.8 Å². The van der Waals surface area contributed by atoms with Gasteiger partial charge < -0.3 is 19.9 Å². The third-order valence-electron chi connectivity index (χ3n) is 5.84. The van der Waals surface area contributed by atoms with E-state index < -0.39 is 10.3 Å². The zero-order valence-corrected chi connectivity index (χ0v) is 21.0. The molecule has 10 nitrogen and oxygen atoms in total. The predicted octanol–water partition coefficient (Wildman–Crippen LogP) is 6.22. The third-order valence-corrected chi connectivity index (χ3v) is 5.84. The molecule has 0 fully saturated rings. The number of aromatic nitrogens is 3. The smallest absolute Gasteiger partial charge is 0.313 e. The first kappa shape index (κ1) is 27.1. The number of anilines is 3. The molecule has 194 valence electrons. The number of benzene rings is 2. The Hall–Kier alpha value is -4.47. The maximum Gasteiger partial charge on any atom is 0.313 e. The van der Waals surface area contributed by atoms with Gasteiger partial charge in [0.1, 0.15) is 5.69 Å². The number of ether oxygens (including phenoxy) is 1. The Morgan fingerprint density at radius 2 is 1.86 bits per heavy atom. The van der Waals surface area contributed by atoms with E-state index in [1.807, 2.05) is 62.8 Å². The van der Waals surface area contributed by atoms with Crippen LogP contribution in [0.25, 0.3) is 22.2 Å². The molecule has 2 aromatic heterocycles. The molecule has 1 amide bonds. The number of amides is 1. The van der Waals surface area contributed by atoms with Gasteiger partial charge in [-0.2, -0.15) is 0 Å². The molecule has 0 saturated heterocycles. The van der Waals surface area contributed by atoms with Crippen molar-refractivity contribution in [3.05, 3.63) is 64.5 Å². The highest BCUT2D eigenvalue weighted by molar-refractivity contribution is 6.02. The number of fused-ring (bicyclic) bond motifs is 1. The molecule has 0 unspecified atom stereocenters. The molecule has 10 heteroatoms. The van der Waals surface area contributed by atoms with Crippen molar-refractivity contribution < 1.29 is 14.5 Å². The normalized spacial score (nSPS) is 11.1. The zero-order valence-electron chi connectivity index (χ0n) is 21.0. The first-order chi connectivity index (χ1) is 17.0. The summed E-state index contributed by atoms with van der Waals surface area (Å²) in [4.78, 5) is 33.0. The standard InChI is InChI=1S/C26H28N6O4.CH4/c1-15-11-22(36-6)21(32(34)35)12-18(15)29-25-27-13-19(28-24(33)26(2,3)4)23(30-25)17-14-31(5)20-10-8-7-9-16(17)20;/h7-14H,1-6H3,(H,28,33)(H,27,29,30);1H4. The summed E-state index contributed by atoms with van der Waals surface area (Å²) in [5, 5.41) is 18.5. The molecule has 0 bridgehead atoms. The largest absolute Gasteiger partial charge is 0.490 e. The summed E-state index contributed by atoms with van der Waals surface area (Å²) in [5.74, 6) is 0.227. The highest BCUT2D eigenvalue weighted by Crippen LogP contribution is 2.37. The summed E-state index contributed by atoms with van der Waals surface area (Å²) in [6, 6.07) is 10.9. The van der Waals surface area contributed by atoms with Gasteiger partial charge in [-0.3, -0.25) is 14.9 Å². The van der Waals surface area contributed by atoms with Crippen LogP contribution in [0.4, 0.5) is 23.0 Å². The molecule has 0 aliphatic heterocycles. The highest BCUT2D eigenvalue weighted by atomic mass is 16.6. The van der Waals surface area contributed by atoms with Gasteiger partial charge in [0.05, 0.1) is 29.6 Å². The van der Waals surface area contributed by atoms with Crippen molar-refractivity contribution in [2.75, 3.05) is 17.7 Å². The Balaban J connectivity index is 0.00000380. The van der Waals surface area contributed by atoms with E-state index in [9.17, 15) is 14.9 Å². The summed E-state index contributed by atoms with van der Waals surface area (Å²) in [6.45, 7) is 7.29. The average molecular weight is 505 g/mol. The van der Waals surface area contributed by atoms with Crippen LogP contribution in [0, 0.1) is 22.5 Å². The SMILES string of the molecule is C.COc1cc(C)c(Nc2ncc(NC(=O)C(C)(C)C)c(-c3cn(C)c4ccccc34)n2)cc1[N+](=O)[O-]. The van der Waals surface area contributed by atoms with Crippen LogP contribution in [-0.2, 0) is 11.8 Å². The first-order valence-electron chi connectivity index (χ1n) is 11.3. The van der Waals surface area contributed by atoms with Crippen molar-refractivity contribution in [1.82, 2.24) is 14.5 Å². The van der Waals surface area contributed by atoms with E-state index in [0.717, 1.165) is 22.0 Å². The maximum atomic E-state index is 12.8. The molecule has 2 heterocycles. The zero-order chi connectivity index (χ0) is 26.2. The van der Waals surface area contributed by atoms with E-state index in [2.05, 4.69) is 15.6 Å². The molecule has 0 spiro atoms. The number of para-hydroxylation sites is 1. The van der Waals surface area contributed by atoms with Crippen LogP contribution in [-0.4, -0.2) is 32.5 Å². The number of nitrogens with one attached hydrogen (secondary N) is 2. The van der Waals surface area contributed by atoms with Crippen LogP contribution in [0.15, 0.2) is 48.8 Å². The Morgan fingerprint density at radius 3 is 2.51 bits per heavy atom. The van der Waals surface area contributed by atoms with Gasteiger partial charge in [-0.05, 0) is 24.6 Å². The fraction of sp³-hybridized carbons (Fsp3) is 0.296. The summed E-state index contributed by atoms with van der Waals surface area (Å²) < 4.78 is 7.14. The molecule has 0 aliphatic rings. The van der Waals surface area contributed by atoms with Crippen LogP contribution in [0.5, 0.6) is 5.75 Å². The van der Waals surface area contributed by atoms with Gasteiger partial charge in [0.15, 0.2) is 5.75 Å². The summed E-state index contributed by atoms with van der Waals surface area (Å²) >= 11 is 0. The molecule has 0 atom stereocenters. The number of rotatable bonds is 6. The number of carbonyl (C=O) groups is 1. The second-order valence-electron chi connectivity index (χ2n) is 9.55. The van der Waals surface area contributed by atoms with Crippen molar-refractivity contribution in [2.45, 2.75) is 35.1 Å². The number of methoxy groups -OCH3 is 1. The molecule has 2 aromatic carbocycles. The van der Waals surface area contributed by atoms with Crippen LogP contribution < -0.4 is 15.4 Å². The topological polar surface area (TPSA) is 124 Å². The van der Waals surface area contributed by atoms with Crippen molar-refractivity contribution in [1.29, 1.82) is 0 Å². The molecular formula is C27H32N6O4. The second-order valence-corrected chi connectivity index (χ2v) is 9.55. The third kappa shape index (κ3) is 5.37. The minimum Gasteiger partial charge on any atom is -0.490 e. The second kappa shape index (κ2) is 10.3. The lowest BCUT2D eigenvalue weighted by molar-refractivity contribution is -0.385. The summed E-state index contributed by atoms with van der Waals surface area (Å²) in [7, 11) is 3.33. The number of hydrogen-bond acceptors (Lipinski definition) is 7.